The fourth-order valence-electron chi connectivity index (χ4n) is 1.84. The molecule has 2 nitrogen and oxygen atoms in total. The van der Waals surface area contributed by atoms with Crippen molar-refractivity contribution in [2.24, 2.45) is 5.92 Å². The van der Waals surface area contributed by atoms with Gasteiger partial charge < -0.3 is 4.90 Å². The molecule has 1 rings (SSSR count). The van der Waals surface area contributed by atoms with Gasteiger partial charge in [0.1, 0.15) is 0 Å². The average Bonchev–Trinajstić information content (AvgIpc) is 2.41. The zero-order valence-electron chi connectivity index (χ0n) is 9.29. The molecule has 1 saturated heterocycles. The maximum Gasteiger partial charge on any atom is 0.224 e. The lowest BCUT2D eigenvalue weighted by molar-refractivity contribution is -0.129. The Bertz CT molecular complexity index is 205. The van der Waals surface area contributed by atoms with E-state index in [1.165, 1.54) is 6.42 Å². The lowest BCUT2D eigenvalue weighted by Gasteiger charge is -2.24. The first-order valence-electron chi connectivity index (χ1n) is 5.44. The molecule has 1 aliphatic rings. The van der Waals surface area contributed by atoms with Crippen molar-refractivity contribution in [1.29, 1.82) is 0 Å². The molecule has 1 fully saturated rings. The van der Waals surface area contributed by atoms with Crippen molar-refractivity contribution in [2.45, 2.75) is 51.5 Å². The van der Waals surface area contributed by atoms with E-state index in [-0.39, 0.29) is 11.3 Å². The van der Waals surface area contributed by atoms with Gasteiger partial charge in [0, 0.05) is 19.0 Å². The number of rotatable bonds is 4. The van der Waals surface area contributed by atoms with Crippen molar-refractivity contribution in [3.05, 3.63) is 0 Å². The van der Waals surface area contributed by atoms with Crippen LogP contribution in [0, 0.1) is 5.92 Å². The van der Waals surface area contributed by atoms with Crippen LogP contribution in [0.4, 0.5) is 0 Å². The first kappa shape index (κ1) is 11.8. The molecular weight excluding hydrogens is 198 g/mol. The number of likely N-dealkylation sites (tertiary alicyclic amines) is 1. The first-order valence-corrected chi connectivity index (χ1v) is 5.88. The van der Waals surface area contributed by atoms with Crippen molar-refractivity contribution < 1.29 is 4.79 Å². The summed E-state index contributed by atoms with van der Waals surface area (Å²) in [4.78, 5) is 13.4. The van der Waals surface area contributed by atoms with Crippen molar-refractivity contribution in [3.63, 3.8) is 0 Å². The molecule has 0 aromatic carbocycles. The summed E-state index contributed by atoms with van der Waals surface area (Å²) in [7, 11) is 0. The van der Waals surface area contributed by atoms with Crippen LogP contribution in [0.15, 0.2) is 0 Å². The second-order valence-corrected chi connectivity index (χ2v) is 5.28. The van der Waals surface area contributed by atoms with Gasteiger partial charge >= 0.3 is 0 Å². The Labute approximate surface area is 91.6 Å². The molecule has 0 N–H and O–H groups in total. The molecule has 3 heteroatoms. The number of amides is 1. The summed E-state index contributed by atoms with van der Waals surface area (Å²) in [6.07, 6.45) is 2.79. The van der Waals surface area contributed by atoms with Gasteiger partial charge in [-0.15, -0.1) is 11.6 Å². The van der Waals surface area contributed by atoms with E-state index in [0.29, 0.717) is 18.4 Å². The molecule has 2 atom stereocenters. The maximum absolute atomic E-state index is 11.5. The zero-order valence-corrected chi connectivity index (χ0v) is 10.0. The van der Waals surface area contributed by atoms with Crippen molar-refractivity contribution in [3.8, 4) is 0 Å². The highest BCUT2D eigenvalue weighted by atomic mass is 35.5. The third kappa shape index (κ3) is 3.16. The molecule has 1 aliphatic heterocycles. The van der Waals surface area contributed by atoms with Crippen LogP contribution in [-0.2, 0) is 4.79 Å². The molecule has 0 spiro atoms. The smallest absolute Gasteiger partial charge is 0.224 e. The van der Waals surface area contributed by atoms with Crippen LogP contribution >= 0.6 is 11.6 Å². The highest BCUT2D eigenvalue weighted by Crippen LogP contribution is 2.21. The summed E-state index contributed by atoms with van der Waals surface area (Å²) in [5.74, 6) is 0.934. The summed E-state index contributed by atoms with van der Waals surface area (Å²) >= 11 is 5.95. The van der Waals surface area contributed by atoms with Gasteiger partial charge in [-0.05, 0) is 25.7 Å². The number of alkyl halides is 1. The molecule has 1 amide bonds. The fourth-order valence-corrected chi connectivity index (χ4v) is 2.12. The van der Waals surface area contributed by atoms with Gasteiger partial charge in [0.05, 0.1) is 5.38 Å². The minimum Gasteiger partial charge on any atom is -0.338 e. The molecule has 0 aliphatic carbocycles. The van der Waals surface area contributed by atoms with Gasteiger partial charge in [0.15, 0.2) is 0 Å². The van der Waals surface area contributed by atoms with Crippen LogP contribution in [0.1, 0.15) is 40.0 Å². The van der Waals surface area contributed by atoms with Crippen LogP contribution in [-0.4, -0.2) is 28.8 Å². The normalized spacial score (nSPS) is 24.8. The Morgan fingerprint density at radius 1 is 1.43 bits per heavy atom. The molecule has 0 radical (unpaired) electrons. The number of hydrogen-bond acceptors (Lipinski definition) is 1. The van der Waals surface area contributed by atoms with E-state index < -0.39 is 0 Å². The Morgan fingerprint density at radius 2 is 2.07 bits per heavy atom. The van der Waals surface area contributed by atoms with Crippen molar-refractivity contribution >= 4 is 17.5 Å². The van der Waals surface area contributed by atoms with E-state index in [1.807, 2.05) is 4.90 Å². The molecule has 2 unspecified atom stereocenters. The van der Waals surface area contributed by atoms with E-state index in [0.717, 1.165) is 13.0 Å². The first-order chi connectivity index (χ1) is 6.50. The predicted octanol–water partition coefficient (Wildman–Crippen LogP) is 2.65. The number of halogens is 1. The summed E-state index contributed by atoms with van der Waals surface area (Å²) in [5.41, 5.74) is 0. The molecule has 1 heterocycles. The molecular formula is C11H20ClNO. The van der Waals surface area contributed by atoms with Crippen molar-refractivity contribution in [1.82, 2.24) is 4.90 Å². The van der Waals surface area contributed by atoms with E-state index >= 15 is 0 Å². The van der Waals surface area contributed by atoms with Gasteiger partial charge in [-0.2, -0.15) is 0 Å². The third-order valence-electron chi connectivity index (χ3n) is 2.81. The standard InChI is InChI=1S/C11H20ClNO/c1-8(2)4-5-9(3)13-7-10(12)6-11(13)14/h8-10H,4-7H2,1-3H3. The highest BCUT2D eigenvalue weighted by Gasteiger charge is 2.30. The molecule has 0 aromatic heterocycles. The van der Waals surface area contributed by atoms with Crippen LogP contribution in [0.2, 0.25) is 0 Å². The van der Waals surface area contributed by atoms with Crippen LogP contribution in [0.3, 0.4) is 0 Å². The largest absolute Gasteiger partial charge is 0.338 e. The van der Waals surface area contributed by atoms with E-state index in [2.05, 4.69) is 20.8 Å². The van der Waals surface area contributed by atoms with Gasteiger partial charge in [0.25, 0.3) is 0 Å². The van der Waals surface area contributed by atoms with Gasteiger partial charge in [-0.25, -0.2) is 0 Å². The fraction of sp³-hybridized carbons (Fsp3) is 0.909. The average molecular weight is 218 g/mol. The molecule has 14 heavy (non-hydrogen) atoms. The highest BCUT2D eigenvalue weighted by molar-refractivity contribution is 6.22. The molecule has 0 aromatic rings. The minimum atomic E-state index is 0.0315. The van der Waals surface area contributed by atoms with Gasteiger partial charge in [-0.1, -0.05) is 13.8 Å². The number of nitrogens with zero attached hydrogens (tertiary/aromatic N) is 1. The Morgan fingerprint density at radius 3 is 2.50 bits per heavy atom. The molecule has 82 valence electrons. The lowest BCUT2D eigenvalue weighted by Crippen LogP contribution is -2.34. The van der Waals surface area contributed by atoms with E-state index in [9.17, 15) is 4.79 Å². The van der Waals surface area contributed by atoms with E-state index in [1.54, 1.807) is 0 Å². The summed E-state index contributed by atoms with van der Waals surface area (Å²) in [6, 6.07) is 0.355. The summed E-state index contributed by atoms with van der Waals surface area (Å²) in [6.45, 7) is 7.28. The van der Waals surface area contributed by atoms with Gasteiger partial charge in [0.2, 0.25) is 5.91 Å². The van der Waals surface area contributed by atoms with Crippen LogP contribution < -0.4 is 0 Å². The molecule has 0 bridgehead atoms. The SMILES string of the molecule is CC(C)CCC(C)N1CC(Cl)CC1=O. The Balaban J connectivity index is 2.37. The summed E-state index contributed by atoms with van der Waals surface area (Å²) in [5, 5.41) is 0.0315. The number of hydrogen-bond donors (Lipinski definition) is 0. The molecule has 0 saturated carbocycles. The number of carbonyl (C=O) groups excluding carboxylic acids is 1. The second kappa shape index (κ2) is 5.01. The Hall–Kier alpha value is -0.240. The maximum atomic E-state index is 11.5. The zero-order chi connectivity index (χ0) is 10.7. The van der Waals surface area contributed by atoms with Crippen LogP contribution in [0.5, 0.6) is 0 Å². The monoisotopic (exact) mass is 217 g/mol. The van der Waals surface area contributed by atoms with E-state index in [4.69, 9.17) is 11.6 Å². The Kier molecular flexibility index (Phi) is 4.24. The summed E-state index contributed by atoms with van der Waals surface area (Å²) < 4.78 is 0. The third-order valence-corrected chi connectivity index (χ3v) is 3.10. The topological polar surface area (TPSA) is 20.3 Å². The number of carbonyl (C=O) groups is 1. The quantitative estimate of drug-likeness (QED) is 0.663. The second-order valence-electron chi connectivity index (χ2n) is 4.67. The van der Waals surface area contributed by atoms with Gasteiger partial charge in [-0.3, -0.25) is 4.79 Å². The lowest BCUT2D eigenvalue weighted by atomic mass is 10.0. The van der Waals surface area contributed by atoms with Crippen molar-refractivity contribution in [2.75, 3.05) is 6.54 Å². The van der Waals surface area contributed by atoms with Crippen LogP contribution in [0.25, 0.3) is 0 Å². The minimum absolute atomic E-state index is 0.0315. The predicted molar refractivity (Wildman–Crippen MR) is 59.5 cm³/mol.